The third-order valence-corrected chi connectivity index (χ3v) is 3.79. The molecule has 1 aromatic rings. The summed E-state index contributed by atoms with van der Waals surface area (Å²) in [5, 5.41) is 9.42. The van der Waals surface area contributed by atoms with Gasteiger partial charge in [0.05, 0.1) is 10.7 Å². The molecule has 0 radical (unpaired) electrons. The summed E-state index contributed by atoms with van der Waals surface area (Å²) in [5.74, 6) is 0.149. The summed E-state index contributed by atoms with van der Waals surface area (Å²) in [5.41, 5.74) is 1.08. The molecule has 1 fully saturated rings. The Labute approximate surface area is 130 Å². The molecule has 19 heavy (non-hydrogen) atoms. The van der Waals surface area contributed by atoms with Crippen LogP contribution in [0.25, 0.3) is 0 Å². The van der Waals surface area contributed by atoms with Crippen molar-refractivity contribution in [3.8, 4) is 0 Å². The van der Waals surface area contributed by atoms with E-state index < -0.39 is 0 Å². The fourth-order valence-corrected chi connectivity index (χ4v) is 2.73. The molecule has 1 aliphatic heterocycles. The Morgan fingerprint density at radius 2 is 2.37 bits per heavy atom. The maximum atomic E-state index is 11.6. The molecule has 1 amide bonds. The number of aryl methyl sites for hydroxylation is 1. The number of halogens is 2. The van der Waals surface area contributed by atoms with E-state index in [2.05, 4.69) is 21.0 Å². The molecule has 1 atom stereocenters. The maximum absolute atomic E-state index is 11.6. The van der Waals surface area contributed by atoms with Crippen LogP contribution in [-0.4, -0.2) is 30.0 Å². The molecule has 0 aromatic carbocycles. The summed E-state index contributed by atoms with van der Waals surface area (Å²) >= 11 is 1.66. The molecule has 1 aromatic heterocycles. The van der Waals surface area contributed by atoms with Crippen LogP contribution >= 0.6 is 36.2 Å². The van der Waals surface area contributed by atoms with E-state index in [1.807, 2.05) is 6.92 Å². The number of nitrogens with zero attached hydrogens (tertiary/aromatic N) is 1. The van der Waals surface area contributed by atoms with Gasteiger partial charge in [0.2, 0.25) is 5.91 Å². The second-order valence-electron chi connectivity index (χ2n) is 4.46. The SMILES string of the molecule is Cc1nc(CCNC(=O)CC2CCCN2)cs1.Cl.Cl. The number of carbonyl (C=O) groups is 1. The zero-order chi connectivity index (χ0) is 12.1. The fraction of sp³-hybridized carbons (Fsp3) is 0.667. The molecule has 1 aliphatic rings. The van der Waals surface area contributed by atoms with Gasteiger partial charge in [-0.25, -0.2) is 4.98 Å². The smallest absolute Gasteiger partial charge is 0.221 e. The predicted molar refractivity (Wildman–Crippen MR) is 83.7 cm³/mol. The molecule has 1 unspecified atom stereocenters. The normalized spacial score (nSPS) is 17.4. The van der Waals surface area contributed by atoms with E-state index in [4.69, 9.17) is 0 Å². The largest absolute Gasteiger partial charge is 0.356 e. The van der Waals surface area contributed by atoms with E-state index in [0.717, 1.165) is 30.1 Å². The summed E-state index contributed by atoms with van der Waals surface area (Å²) in [7, 11) is 0. The van der Waals surface area contributed by atoms with Crippen LogP contribution in [0.2, 0.25) is 0 Å². The minimum absolute atomic E-state index is 0. The van der Waals surface area contributed by atoms with Gasteiger partial charge in [0.25, 0.3) is 0 Å². The number of hydrogen-bond acceptors (Lipinski definition) is 4. The van der Waals surface area contributed by atoms with Crippen molar-refractivity contribution in [2.75, 3.05) is 13.1 Å². The Morgan fingerprint density at radius 3 is 2.95 bits per heavy atom. The highest BCUT2D eigenvalue weighted by Crippen LogP contribution is 2.09. The lowest BCUT2D eigenvalue weighted by molar-refractivity contribution is -0.121. The van der Waals surface area contributed by atoms with Gasteiger partial charge < -0.3 is 10.6 Å². The Bertz CT molecular complexity index is 381. The molecule has 0 aliphatic carbocycles. The quantitative estimate of drug-likeness (QED) is 0.871. The maximum Gasteiger partial charge on any atom is 0.221 e. The van der Waals surface area contributed by atoms with Crippen LogP contribution in [0.4, 0.5) is 0 Å². The number of amides is 1. The van der Waals surface area contributed by atoms with Gasteiger partial charge in [0.1, 0.15) is 0 Å². The van der Waals surface area contributed by atoms with Crippen molar-refractivity contribution in [3.05, 3.63) is 16.1 Å². The molecule has 4 nitrogen and oxygen atoms in total. The van der Waals surface area contributed by atoms with Crippen LogP contribution in [0, 0.1) is 6.92 Å². The third kappa shape index (κ3) is 6.56. The summed E-state index contributed by atoms with van der Waals surface area (Å²) in [6, 6.07) is 0.386. The molecular weight excluding hydrogens is 305 g/mol. The molecule has 0 spiro atoms. The van der Waals surface area contributed by atoms with Crippen molar-refractivity contribution in [2.24, 2.45) is 0 Å². The Morgan fingerprint density at radius 1 is 1.58 bits per heavy atom. The van der Waals surface area contributed by atoms with E-state index in [1.165, 1.54) is 6.42 Å². The minimum Gasteiger partial charge on any atom is -0.356 e. The van der Waals surface area contributed by atoms with Gasteiger partial charge in [-0.1, -0.05) is 0 Å². The molecule has 7 heteroatoms. The first kappa shape index (κ1) is 18.6. The lowest BCUT2D eigenvalue weighted by atomic mass is 10.1. The number of hydrogen-bond donors (Lipinski definition) is 2. The van der Waals surface area contributed by atoms with E-state index in [-0.39, 0.29) is 30.7 Å². The van der Waals surface area contributed by atoms with Gasteiger partial charge in [-0.2, -0.15) is 0 Å². The van der Waals surface area contributed by atoms with Crippen LogP contribution < -0.4 is 10.6 Å². The molecule has 0 bridgehead atoms. The minimum atomic E-state index is 0. The van der Waals surface area contributed by atoms with Crippen LogP contribution in [0.3, 0.4) is 0 Å². The average molecular weight is 326 g/mol. The van der Waals surface area contributed by atoms with Gasteiger partial charge in [-0.05, 0) is 26.3 Å². The zero-order valence-corrected chi connectivity index (χ0v) is 13.4. The van der Waals surface area contributed by atoms with Gasteiger partial charge in [0, 0.05) is 30.8 Å². The van der Waals surface area contributed by atoms with Crippen LogP contribution in [0.5, 0.6) is 0 Å². The lowest BCUT2D eigenvalue weighted by Gasteiger charge is -2.09. The molecular formula is C12H21Cl2N3OS. The molecule has 1 saturated heterocycles. The summed E-state index contributed by atoms with van der Waals surface area (Å²) in [6.07, 6.45) is 3.75. The standard InChI is InChI=1S/C12H19N3OS.2ClH/c1-9-15-11(8-17-9)4-6-14-12(16)7-10-3-2-5-13-10;;/h8,10,13H,2-7H2,1H3,(H,14,16);2*1H. The van der Waals surface area contributed by atoms with Crippen molar-refractivity contribution in [3.63, 3.8) is 0 Å². The van der Waals surface area contributed by atoms with Gasteiger partial charge in [0.15, 0.2) is 0 Å². The number of thiazole rings is 1. The Kier molecular flexibility index (Phi) is 9.35. The molecule has 2 rings (SSSR count). The average Bonchev–Trinajstić information content (AvgIpc) is 2.90. The van der Waals surface area contributed by atoms with Gasteiger partial charge >= 0.3 is 0 Å². The predicted octanol–water partition coefficient (Wildman–Crippen LogP) is 2.10. The monoisotopic (exact) mass is 325 g/mol. The first-order valence-electron chi connectivity index (χ1n) is 6.15. The van der Waals surface area contributed by atoms with Crippen LogP contribution in [0.1, 0.15) is 30.0 Å². The number of rotatable bonds is 5. The van der Waals surface area contributed by atoms with E-state index in [1.54, 1.807) is 11.3 Å². The summed E-state index contributed by atoms with van der Waals surface area (Å²) < 4.78 is 0. The van der Waals surface area contributed by atoms with Gasteiger partial charge in [-0.3, -0.25) is 4.79 Å². The molecule has 2 N–H and O–H groups in total. The fourth-order valence-electron chi connectivity index (χ4n) is 2.08. The number of aromatic nitrogens is 1. The molecule has 0 saturated carbocycles. The molecule has 2 heterocycles. The Hall–Kier alpha value is -0.360. The van der Waals surface area contributed by atoms with E-state index in [9.17, 15) is 4.79 Å². The second-order valence-corrected chi connectivity index (χ2v) is 5.52. The zero-order valence-electron chi connectivity index (χ0n) is 11.0. The van der Waals surface area contributed by atoms with E-state index in [0.29, 0.717) is 19.0 Å². The Balaban J connectivity index is 0.00000162. The van der Waals surface area contributed by atoms with E-state index >= 15 is 0 Å². The molecule has 110 valence electrons. The van der Waals surface area contributed by atoms with Crippen LogP contribution in [-0.2, 0) is 11.2 Å². The topological polar surface area (TPSA) is 54.0 Å². The lowest BCUT2D eigenvalue weighted by Crippen LogP contribution is -2.32. The number of nitrogens with one attached hydrogen (secondary N) is 2. The highest BCUT2D eigenvalue weighted by molar-refractivity contribution is 7.09. The van der Waals surface area contributed by atoms with Crippen molar-refractivity contribution in [1.82, 2.24) is 15.6 Å². The van der Waals surface area contributed by atoms with Crippen molar-refractivity contribution < 1.29 is 4.79 Å². The number of carbonyl (C=O) groups excluding carboxylic acids is 1. The van der Waals surface area contributed by atoms with Crippen molar-refractivity contribution >= 4 is 42.1 Å². The first-order chi connectivity index (χ1) is 8.24. The van der Waals surface area contributed by atoms with Crippen molar-refractivity contribution in [2.45, 2.75) is 38.6 Å². The summed E-state index contributed by atoms with van der Waals surface area (Å²) in [6.45, 7) is 3.74. The first-order valence-corrected chi connectivity index (χ1v) is 7.03. The van der Waals surface area contributed by atoms with Crippen LogP contribution in [0.15, 0.2) is 5.38 Å². The summed E-state index contributed by atoms with van der Waals surface area (Å²) in [4.78, 5) is 16.0. The highest BCUT2D eigenvalue weighted by Gasteiger charge is 2.17. The van der Waals surface area contributed by atoms with Gasteiger partial charge in [-0.15, -0.1) is 36.2 Å². The highest BCUT2D eigenvalue weighted by atomic mass is 35.5. The third-order valence-electron chi connectivity index (χ3n) is 2.96. The van der Waals surface area contributed by atoms with Crippen molar-refractivity contribution in [1.29, 1.82) is 0 Å². The second kappa shape index (κ2) is 9.53.